The summed E-state index contributed by atoms with van der Waals surface area (Å²) in [5.74, 6) is 1.01. The van der Waals surface area contributed by atoms with Gasteiger partial charge in [0.05, 0.1) is 0 Å². The van der Waals surface area contributed by atoms with E-state index >= 15 is 0 Å². The summed E-state index contributed by atoms with van der Waals surface area (Å²) in [5.41, 5.74) is 2.21. The van der Waals surface area contributed by atoms with Crippen molar-refractivity contribution < 1.29 is 4.74 Å². The monoisotopic (exact) mass is 301 g/mol. The zero-order chi connectivity index (χ0) is 15.5. The largest absolute Gasteiger partial charge is 0.464 e. The van der Waals surface area contributed by atoms with Crippen LogP contribution in [0.4, 0.5) is 0 Å². The van der Waals surface area contributed by atoms with Crippen molar-refractivity contribution in [3.63, 3.8) is 0 Å². The Balaban J connectivity index is 1.75. The van der Waals surface area contributed by atoms with Gasteiger partial charge >= 0.3 is 0 Å². The van der Waals surface area contributed by atoms with E-state index in [1.807, 2.05) is 36.4 Å². The Morgan fingerprint density at radius 1 is 0.696 bits per heavy atom. The number of ether oxygens (including phenoxy) is 1. The molecule has 4 rings (SSSR count). The maximum Gasteiger partial charge on any atom is 0.256 e. The SMILES string of the molecule is c1ccc(C2N=C(c3ncccn3)OC2c2ccccc2)cc1. The van der Waals surface area contributed by atoms with Gasteiger partial charge in [-0.15, -0.1) is 0 Å². The lowest BCUT2D eigenvalue weighted by Crippen LogP contribution is -2.10. The number of aliphatic imine (C=N–C) groups is 1. The Morgan fingerprint density at radius 3 is 1.96 bits per heavy atom. The molecule has 2 heterocycles. The lowest BCUT2D eigenvalue weighted by molar-refractivity contribution is 0.196. The van der Waals surface area contributed by atoms with Crippen molar-refractivity contribution in [3.05, 3.63) is 96.1 Å². The van der Waals surface area contributed by atoms with Gasteiger partial charge in [0.25, 0.3) is 5.90 Å². The maximum absolute atomic E-state index is 6.13. The summed E-state index contributed by atoms with van der Waals surface area (Å²) in [6.45, 7) is 0. The standard InChI is InChI=1S/C19H15N3O/c1-3-8-14(9-4-1)16-17(15-10-5-2-6-11-15)23-19(22-16)18-20-12-7-13-21-18/h1-13,16-17H. The first-order chi connectivity index (χ1) is 11.4. The van der Waals surface area contributed by atoms with Gasteiger partial charge in [-0.1, -0.05) is 60.7 Å². The molecular weight excluding hydrogens is 286 g/mol. The molecule has 1 aliphatic rings. The van der Waals surface area contributed by atoms with Gasteiger partial charge in [-0.2, -0.15) is 0 Å². The Morgan fingerprint density at radius 2 is 1.30 bits per heavy atom. The molecule has 0 radical (unpaired) electrons. The Bertz CT molecular complexity index is 804. The average molecular weight is 301 g/mol. The van der Waals surface area contributed by atoms with Crippen LogP contribution in [0.2, 0.25) is 0 Å². The molecule has 0 saturated carbocycles. The smallest absolute Gasteiger partial charge is 0.256 e. The molecular formula is C19H15N3O. The summed E-state index contributed by atoms with van der Waals surface area (Å²) in [6, 6.07) is 22.0. The fraction of sp³-hybridized carbons (Fsp3) is 0.105. The van der Waals surface area contributed by atoms with Crippen LogP contribution in [0.25, 0.3) is 0 Å². The summed E-state index contributed by atoms with van der Waals surface area (Å²) in [4.78, 5) is 13.3. The van der Waals surface area contributed by atoms with Crippen molar-refractivity contribution in [2.45, 2.75) is 12.1 Å². The van der Waals surface area contributed by atoms with Gasteiger partial charge in [-0.25, -0.2) is 15.0 Å². The Kier molecular flexibility index (Phi) is 3.56. The highest BCUT2D eigenvalue weighted by molar-refractivity contribution is 5.91. The normalized spacial score (nSPS) is 19.9. The third-order valence-corrected chi connectivity index (χ3v) is 3.81. The van der Waals surface area contributed by atoms with Crippen LogP contribution in [0.15, 0.2) is 84.1 Å². The molecule has 0 amide bonds. The van der Waals surface area contributed by atoms with Crippen molar-refractivity contribution in [1.29, 1.82) is 0 Å². The number of nitrogens with zero attached hydrogens (tertiary/aromatic N) is 3. The first-order valence-corrected chi connectivity index (χ1v) is 7.53. The molecule has 2 atom stereocenters. The summed E-state index contributed by atoms with van der Waals surface area (Å²) >= 11 is 0. The van der Waals surface area contributed by atoms with Crippen LogP contribution in [0.3, 0.4) is 0 Å². The summed E-state index contributed by atoms with van der Waals surface area (Å²) < 4.78 is 6.13. The van der Waals surface area contributed by atoms with Crippen molar-refractivity contribution in [2.75, 3.05) is 0 Å². The quantitative estimate of drug-likeness (QED) is 0.740. The second kappa shape index (κ2) is 6.01. The fourth-order valence-corrected chi connectivity index (χ4v) is 2.72. The minimum absolute atomic E-state index is 0.0996. The molecule has 4 heteroatoms. The van der Waals surface area contributed by atoms with Gasteiger partial charge in [0, 0.05) is 12.4 Å². The van der Waals surface area contributed by atoms with E-state index in [0.29, 0.717) is 11.7 Å². The third-order valence-electron chi connectivity index (χ3n) is 3.81. The Labute approximate surface area is 134 Å². The highest BCUT2D eigenvalue weighted by Gasteiger charge is 2.34. The third kappa shape index (κ3) is 2.71. The second-order valence-corrected chi connectivity index (χ2v) is 5.31. The predicted molar refractivity (Wildman–Crippen MR) is 88.0 cm³/mol. The Hall–Kier alpha value is -3.01. The summed E-state index contributed by atoms with van der Waals surface area (Å²) in [6.07, 6.45) is 3.22. The predicted octanol–water partition coefficient (Wildman–Crippen LogP) is 3.74. The lowest BCUT2D eigenvalue weighted by atomic mass is 9.97. The van der Waals surface area contributed by atoms with Gasteiger partial charge in [0.2, 0.25) is 5.82 Å². The van der Waals surface area contributed by atoms with Gasteiger partial charge in [0.1, 0.15) is 6.04 Å². The number of aromatic nitrogens is 2. The van der Waals surface area contributed by atoms with Crippen LogP contribution in [0.1, 0.15) is 29.1 Å². The number of rotatable bonds is 3. The molecule has 0 N–H and O–H groups in total. The molecule has 0 spiro atoms. The molecule has 0 fully saturated rings. The maximum atomic E-state index is 6.13. The van der Waals surface area contributed by atoms with Crippen molar-refractivity contribution in [1.82, 2.24) is 9.97 Å². The molecule has 0 bridgehead atoms. The zero-order valence-corrected chi connectivity index (χ0v) is 12.4. The minimum atomic E-state index is -0.169. The van der Waals surface area contributed by atoms with Crippen LogP contribution in [-0.4, -0.2) is 15.9 Å². The lowest BCUT2D eigenvalue weighted by Gasteiger charge is -2.18. The van der Waals surface area contributed by atoms with Gasteiger partial charge in [-0.05, 0) is 17.2 Å². The number of benzene rings is 2. The molecule has 1 aliphatic heterocycles. The van der Waals surface area contributed by atoms with Crippen molar-refractivity contribution >= 4 is 5.90 Å². The topological polar surface area (TPSA) is 47.4 Å². The average Bonchev–Trinajstić information content (AvgIpc) is 3.09. The van der Waals surface area contributed by atoms with E-state index in [0.717, 1.165) is 11.1 Å². The molecule has 0 aliphatic carbocycles. The first-order valence-electron chi connectivity index (χ1n) is 7.53. The summed E-state index contributed by atoms with van der Waals surface area (Å²) in [7, 11) is 0. The van der Waals surface area contributed by atoms with E-state index in [1.54, 1.807) is 18.5 Å². The molecule has 1 aromatic heterocycles. The minimum Gasteiger partial charge on any atom is -0.464 e. The molecule has 3 aromatic rings. The van der Waals surface area contributed by atoms with Crippen molar-refractivity contribution in [3.8, 4) is 0 Å². The molecule has 4 nitrogen and oxygen atoms in total. The number of hydrogen-bond donors (Lipinski definition) is 0. The molecule has 0 saturated heterocycles. The van der Waals surface area contributed by atoms with E-state index < -0.39 is 0 Å². The van der Waals surface area contributed by atoms with E-state index in [4.69, 9.17) is 9.73 Å². The number of hydrogen-bond acceptors (Lipinski definition) is 4. The van der Waals surface area contributed by atoms with Gasteiger partial charge in [0.15, 0.2) is 6.10 Å². The van der Waals surface area contributed by atoms with Gasteiger partial charge < -0.3 is 4.74 Å². The van der Waals surface area contributed by atoms with Crippen LogP contribution < -0.4 is 0 Å². The molecule has 2 aromatic carbocycles. The first kappa shape index (κ1) is 13.6. The molecule has 2 unspecified atom stereocenters. The van der Waals surface area contributed by atoms with Crippen molar-refractivity contribution in [2.24, 2.45) is 4.99 Å². The van der Waals surface area contributed by atoms with Crippen LogP contribution in [-0.2, 0) is 4.74 Å². The second-order valence-electron chi connectivity index (χ2n) is 5.31. The highest BCUT2D eigenvalue weighted by atomic mass is 16.5. The van der Waals surface area contributed by atoms with Crippen LogP contribution >= 0.6 is 0 Å². The van der Waals surface area contributed by atoms with Gasteiger partial charge in [-0.3, -0.25) is 0 Å². The summed E-state index contributed by atoms with van der Waals surface area (Å²) in [5, 5.41) is 0. The van der Waals surface area contributed by atoms with E-state index in [2.05, 4.69) is 34.2 Å². The highest BCUT2D eigenvalue weighted by Crippen LogP contribution is 2.40. The van der Waals surface area contributed by atoms with E-state index in [9.17, 15) is 0 Å². The molecule has 23 heavy (non-hydrogen) atoms. The van der Waals surface area contributed by atoms with Crippen LogP contribution in [0.5, 0.6) is 0 Å². The fourth-order valence-electron chi connectivity index (χ4n) is 2.72. The van der Waals surface area contributed by atoms with Crippen LogP contribution in [0, 0.1) is 0 Å². The van der Waals surface area contributed by atoms with E-state index in [1.165, 1.54) is 0 Å². The zero-order valence-electron chi connectivity index (χ0n) is 12.4. The molecule has 112 valence electrons. The van der Waals surface area contributed by atoms with E-state index in [-0.39, 0.29) is 12.1 Å².